The molecular weight excluding hydrogens is 268 g/mol. The number of hydrogen-bond donors (Lipinski definition) is 0. The Labute approximate surface area is 124 Å². The Morgan fingerprint density at radius 1 is 1.00 bits per heavy atom. The summed E-state index contributed by atoms with van der Waals surface area (Å²) in [5.74, 6) is 1.10. The van der Waals surface area contributed by atoms with Gasteiger partial charge in [0.1, 0.15) is 0 Å². The summed E-state index contributed by atoms with van der Waals surface area (Å²) in [7, 11) is 0. The van der Waals surface area contributed by atoms with Crippen molar-refractivity contribution < 1.29 is 9.53 Å². The van der Waals surface area contributed by atoms with Crippen molar-refractivity contribution >= 4 is 17.7 Å². The second-order valence-electron chi connectivity index (χ2n) is 4.36. The summed E-state index contributed by atoms with van der Waals surface area (Å²) in [5.41, 5.74) is 3.65. The van der Waals surface area contributed by atoms with Gasteiger partial charge in [0.25, 0.3) is 0 Å². The van der Waals surface area contributed by atoms with Gasteiger partial charge in [-0.05, 0) is 23.6 Å². The van der Waals surface area contributed by atoms with E-state index in [4.69, 9.17) is 4.74 Å². The van der Waals surface area contributed by atoms with Crippen molar-refractivity contribution in [2.45, 2.75) is 12.7 Å². The highest BCUT2D eigenvalue weighted by molar-refractivity contribution is 7.99. The van der Waals surface area contributed by atoms with Gasteiger partial charge in [0, 0.05) is 5.75 Å². The normalized spacial score (nSPS) is 10.2. The highest BCUT2D eigenvalue weighted by Gasteiger charge is 2.02. The molecule has 0 amide bonds. The van der Waals surface area contributed by atoms with E-state index in [1.165, 1.54) is 16.7 Å². The van der Waals surface area contributed by atoms with Crippen molar-refractivity contribution in [3.63, 3.8) is 0 Å². The van der Waals surface area contributed by atoms with E-state index in [0.717, 1.165) is 5.75 Å². The third-order valence-electron chi connectivity index (χ3n) is 2.86. The minimum absolute atomic E-state index is 0.140. The van der Waals surface area contributed by atoms with Crippen LogP contribution in [0.15, 0.2) is 54.6 Å². The first-order valence-corrected chi connectivity index (χ1v) is 7.83. The number of benzene rings is 2. The van der Waals surface area contributed by atoms with Crippen molar-refractivity contribution in [3.8, 4) is 11.1 Å². The first-order valence-electron chi connectivity index (χ1n) is 6.67. The molecule has 104 valence electrons. The van der Waals surface area contributed by atoms with Crippen LogP contribution >= 0.6 is 11.8 Å². The monoisotopic (exact) mass is 286 g/mol. The summed E-state index contributed by atoms with van der Waals surface area (Å²) in [4.78, 5) is 11.2. The Morgan fingerprint density at radius 3 is 2.30 bits per heavy atom. The molecule has 0 aliphatic carbocycles. The molecule has 0 saturated carbocycles. The largest absolute Gasteiger partial charge is 0.465 e. The fourth-order valence-corrected chi connectivity index (χ4v) is 2.66. The van der Waals surface area contributed by atoms with Crippen molar-refractivity contribution in [2.24, 2.45) is 0 Å². The zero-order valence-electron chi connectivity index (χ0n) is 11.5. The Bertz CT molecular complexity index is 535. The second-order valence-corrected chi connectivity index (χ2v) is 5.35. The van der Waals surface area contributed by atoms with Gasteiger partial charge >= 0.3 is 5.97 Å². The molecule has 0 aromatic heterocycles. The molecule has 2 nitrogen and oxygen atoms in total. The van der Waals surface area contributed by atoms with Crippen LogP contribution in [0.5, 0.6) is 0 Å². The first-order chi connectivity index (χ1) is 9.79. The van der Waals surface area contributed by atoms with E-state index >= 15 is 0 Å². The molecule has 0 heterocycles. The Kier molecular flexibility index (Phi) is 5.69. The highest BCUT2D eigenvalue weighted by atomic mass is 32.2. The van der Waals surface area contributed by atoms with E-state index in [-0.39, 0.29) is 5.97 Å². The maximum atomic E-state index is 11.2. The number of ether oxygens (including phenoxy) is 1. The van der Waals surface area contributed by atoms with Gasteiger partial charge in [-0.2, -0.15) is 0 Å². The lowest BCUT2D eigenvalue weighted by Crippen LogP contribution is -2.06. The molecule has 2 aromatic rings. The Balaban J connectivity index is 1.88. The maximum Gasteiger partial charge on any atom is 0.315 e. The number of rotatable bonds is 6. The average molecular weight is 286 g/mol. The summed E-state index contributed by atoms with van der Waals surface area (Å²) in [6, 6.07) is 18.8. The van der Waals surface area contributed by atoms with Crippen LogP contribution in [0.2, 0.25) is 0 Å². The molecular formula is C17H18O2S. The van der Waals surface area contributed by atoms with Crippen LogP contribution in [0.25, 0.3) is 11.1 Å². The smallest absolute Gasteiger partial charge is 0.315 e. The number of hydrogen-bond acceptors (Lipinski definition) is 3. The van der Waals surface area contributed by atoms with E-state index < -0.39 is 0 Å². The second kappa shape index (κ2) is 7.75. The van der Waals surface area contributed by atoms with Gasteiger partial charge in [-0.1, -0.05) is 54.6 Å². The molecule has 0 fully saturated rings. The van der Waals surface area contributed by atoms with E-state index in [9.17, 15) is 4.79 Å². The molecule has 0 aliphatic heterocycles. The molecule has 0 aliphatic rings. The molecule has 0 N–H and O–H groups in total. The van der Waals surface area contributed by atoms with Crippen LogP contribution < -0.4 is 0 Å². The minimum atomic E-state index is -0.140. The lowest BCUT2D eigenvalue weighted by atomic mass is 10.0. The first kappa shape index (κ1) is 14.7. The Morgan fingerprint density at radius 2 is 1.65 bits per heavy atom. The zero-order valence-corrected chi connectivity index (χ0v) is 12.4. The molecule has 2 rings (SSSR count). The van der Waals surface area contributed by atoms with E-state index in [1.807, 2.05) is 25.1 Å². The lowest BCUT2D eigenvalue weighted by Gasteiger charge is -2.05. The molecule has 2 aromatic carbocycles. The standard InChI is InChI=1S/C17H18O2S/c1-2-19-17(18)13-20-12-14-8-10-16(11-9-14)15-6-4-3-5-7-15/h3-11H,2,12-13H2,1H3. The quantitative estimate of drug-likeness (QED) is 0.746. The number of thioether (sulfide) groups is 1. The summed E-state index contributed by atoms with van der Waals surface area (Å²) >= 11 is 1.58. The zero-order chi connectivity index (χ0) is 14.2. The topological polar surface area (TPSA) is 26.3 Å². The van der Waals surface area contributed by atoms with Gasteiger partial charge in [-0.25, -0.2) is 0 Å². The lowest BCUT2D eigenvalue weighted by molar-refractivity contribution is -0.139. The minimum Gasteiger partial charge on any atom is -0.465 e. The van der Waals surface area contributed by atoms with Crippen LogP contribution in [-0.2, 0) is 15.3 Å². The molecule has 0 radical (unpaired) electrons. The fraction of sp³-hybridized carbons (Fsp3) is 0.235. The predicted octanol–water partition coefficient (Wildman–Crippen LogP) is 4.15. The SMILES string of the molecule is CCOC(=O)CSCc1ccc(-c2ccccc2)cc1. The van der Waals surface area contributed by atoms with Crippen LogP contribution in [0.1, 0.15) is 12.5 Å². The summed E-state index contributed by atoms with van der Waals surface area (Å²) < 4.78 is 4.90. The van der Waals surface area contributed by atoms with Crippen LogP contribution in [0.4, 0.5) is 0 Å². The molecule has 0 saturated heterocycles. The Hall–Kier alpha value is -1.74. The third-order valence-corrected chi connectivity index (χ3v) is 3.83. The average Bonchev–Trinajstić information content (AvgIpc) is 2.49. The highest BCUT2D eigenvalue weighted by Crippen LogP contribution is 2.21. The van der Waals surface area contributed by atoms with Crippen LogP contribution in [0, 0.1) is 0 Å². The molecule has 3 heteroatoms. The number of carbonyl (C=O) groups excluding carboxylic acids is 1. The van der Waals surface area contributed by atoms with Gasteiger partial charge in [-0.15, -0.1) is 11.8 Å². The van der Waals surface area contributed by atoms with Gasteiger partial charge < -0.3 is 4.74 Å². The van der Waals surface area contributed by atoms with Crippen molar-refractivity contribution in [1.29, 1.82) is 0 Å². The van der Waals surface area contributed by atoms with Crippen molar-refractivity contribution in [3.05, 3.63) is 60.2 Å². The molecule has 20 heavy (non-hydrogen) atoms. The fourth-order valence-electron chi connectivity index (χ4n) is 1.88. The third kappa shape index (κ3) is 4.42. The number of esters is 1. The molecule has 0 unspecified atom stereocenters. The van der Waals surface area contributed by atoms with Gasteiger partial charge in [0.2, 0.25) is 0 Å². The summed E-state index contributed by atoms with van der Waals surface area (Å²) in [5, 5.41) is 0. The predicted molar refractivity (Wildman–Crippen MR) is 84.7 cm³/mol. The maximum absolute atomic E-state index is 11.2. The van der Waals surface area contributed by atoms with E-state index in [1.54, 1.807) is 11.8 Å². The molecule has 0 atom stereocenters. The summed E-state index contributed by atoms with van der Waals surface area (Å²) in [6.07, 6.45) is 0. The van der Waals surface area contributed by atoms with Gasteiger partial charge in [0.05, 0.1) is 12.4 Å². The number of carbonyl (C=O) groups is 1. The van der Waals surface area contributed by atoms with Gasteiger partial charge in [-0.3, -0.25) is 4.79 Å². The van der Waals surface area contributed by atoms with Crippen LogP contribution in [-0.4, -0.2) is 18.3 Å². The van der Waals surface area contributed by atoms with Crippen molar-refractivity contribution in [2.75, 3.05) is 12.4 Å². The van der Waals surface area contributed by atoms with Gasteiger partial charge in [0.15, 0.2) is 0 Å². The van der Waals surface area contributed by atoms with E-state index in [0.29, 0.717) is 12.4 Å². The van der Waals surface area contributed by atoms with Crippen LogP contribution in [0.3, 0.4) is 0 Å². The molecule has 0 bridgehead atoms. The molecule has 0 spiro atoms. The summed E-state index contributed by atoms with van der Waals surface area (Å²) in [6.45, 7) is 2.27. The van der Waals surface area contributed by atoms with Crippen molar-refractivity contribution in [1.82, 2.24) is 0 Å². The van der Waals surface area contributed by atoms with E-state index in [2.05, 4.69) is 36.4 Å².